The van der Waals surface area contributed by atoms with E-state index < -0.39 is 9.84 Å². The van der Waals surface area contributed by atoms with Crippen LogP contribution in [-0.2, 0) is 14.6 Å². The average molecular weight is 289 g/mol. The van der Waals surface area contributed by atoms with Crippen LogP contribution >= 0.6 is 0 Å². The summed E-state index contributed by atoms with van der Waals surface area (Å²) in [5.41, 5.74) is 0. The van der Waals surface area contributed by atoms with Crippen LogP contribution < -0.4 is 5.32 Å². The third-order valence-electron chi connectivity index (χ3n) is 4.13. The predicted molar refractivity (Wildman–Crippen MR) is 73.7 cm³/mol. The molecule has 2 atom stereocenters. The Morgan fingerprint density at radius 3 is 2.79 bits per heavy atom. The molecule has 6 nitrogen and oxygen atoms in total. The molecule has 0 aliphatic carbocycles. The molecule has 19 heavy (non-hydrogen) atoms. The summed E-state index contributed by atoms with van der Waals surface area (Å²) < 4.78 is 22.9. The van der Waals surface area contributed by atoms with Crippen molar-refractivity contribution in [3.05, 3.63) is 0 Å². The number of hydrogen-bond donors (Lipinski definition) is 1. The van der Waals surface area contributed by atoms with Crippen molar-refractivity contribution < 1.29 is 13.2 Å². The molecule has 0 saturated carbocycles. The summed E-state index contributed by atoms with van der Waals surface area (Å²) in [5, 5.41) is 3.29. The van der Waals surface area contributed by atoms with Crippen LogP contribution in [0, 0.1) is 0 Å². The molecule has 0 spiro atoms. The molecule has 2 fully saturated rings. The molecular weight excluding hydrogens is 266 g/mol. The third kappa shape index (κ3) is 3.67. The summed E-state index contributed by atoms with van der Waals surface area (Å²) in [7, 11) is -1.21. The molecule has 2 heterocycles. The van der Waals surface area contributed by atoms with Crippen molar-refractivity contribution in [2.75, 3.05) is 44.7 Å². The number of carbonyl (C=O) groups excluding carboxylic acids is 1. The van der Waals surface area contributed by atoms with E-state index in [0.29, 0.717) is 19.0 Å². The number of sulfone groups is 1. The molecule has 7 heteroatoms. The van der Waals surface area contributed by atoms with Gasteiger partial charge in [-0.05, 0) is 13.3 Å². The second-order valence-corrected chi connectivity index (χ2v) is 7.81. The highest BCUT2D eigenvalue weighted by Crippen LogP contribution is 2.17. The molecule has 2 rings (SSSR count). The number of carbonyl (C=O) groups is 1. The van der Waals surface area contributed by atoms with Crippen molar-refractivity contribution in [2.24, 2.45) is 0 Å². The lowest BCUT2D eigenvalue weighted by Gasteiger charge is -2.35. The number of hydrogen-bond acceptors (Lipinski definition) is 5. The Kier molecular flexibility index (Phi) is 4.47. The van der Waals surface area contributed by atoms with Crippen LogP contribution in [0.1, 0.15) is 13.3 Å². The molecule has 0 aromatic heterocycles. The maximum absolute atomic E-state index is 12.2. The number of likely N-dealkylation sites (N-methyl/N-ethyl adjacent to an activating group) is 1. The SMILES string of the molecule is C[C@@H]1CNCCN1CC(=O)N(C)C1CCS(=O)(=O)C1. The molecule has 0 bridgehead atoms. The molecule has 2 saturated heterocycles. The molecule has 1 amide bonds. The van der Waals surface area contributed by atoms with Gasteiger partial charge in [-0.3, -0.25) is 9.69 Å². The van der Waals surface area contributed by atoms with Crippen molar-refractivity contribution in [3.8, 4) is 0 Å². The third-order valence-corrected chi connectivity index (χ3v) is 5.88. The second-order valence-electron chi connectivity index (χ2n) is 5.59. The maximum Gasteiger partial charge on any atom is 0.236 e. The largest absolute Gasteiger partial charge is 0.341 e. The second kappa shape index (κ2) is 5.76. The van der Waals surface area contributed by atoms with E-state index in [0.717, 1.165) is 19.6 Å². The van der Waals surface area contributed by atoms with E-state index >= 15 is 0 Å². The van der Waals surface area contributed by atoms with Crippen molar-refractivity contribution >= 4 is 15.7 Å². The van der Waals surface area contributed by atoms with E-state index in [9.17, 15) is 13.2 Å². The minimum atomic E-state index is -2.94. The minimum absolute atomic E-state index is 0.0239. The topological polar surface area (TPSA) is 69.7 Å². The maximum atomic E-state index is 12.2. The zero-order chi connectivity index (χ0) is 14.0. The smallest absolute Gasteiger partial charge is 0.236 e. The molecule has 110 valence electrons. The monoisotopic (exact) mass is 289 g/mol. The Morgan fingerprint density at radius 2 is 2.21 bits per heavy atom. The van der Waals surface area contributed by atoms with E-state index in [4.69, 9.17) is 0 Å². The predicted octanol–water partition coefficient (Wildman–Crippen LogP) is -1.07. The van der Waals surface area contributed by atoms with Gasteiger partial charge in [0, 0.05) is 38.8 Å². The molecule has 2 aliphatic rings. The van der Waals surface area contributed by atoms with Gasteiger partial charge in [0.25, 0.3) is 0 Å². The first-order valence-electron chi connectivity index (χ1n) is 6.80. The van der Waals surface area contributed by atoms with Gasteiger partial charge < -0.3 is 10.2 Å². The fourth-order valence-corrected chi connectivity index (χ4v) is 4.46. The number of nitrogens with one attached hydrogen (secondary N) is 1. The highest BCUT2D eigenvalue weighted by molar-refractivity contribution is 7.91. The van der Waals surface area contributed by atoms with Gasteiger partial charge in [-0.2, -0.15) is 0 Å². The quantitative estimate of drug-likeness (QED) is 0.716. The van der Waals surface area contributed by atoms with Gasteiger partial charge in [-0.25, -0.2) is 8.42 Å². The fourth-order valence-electron chi connectivity index (χ4n) is 2.69. The van der Waals surface area contributed by atoms with Crippen molar-refractivity contribution in [1.29, 1.82) is 0 Å². The summed E-state index contributed by atoms with van der Waals surface area (Å²) in [6, 6.07) is 0.203. The highest BCUT2D eigenvalue weighted by Gasteiger charge is 2.33. The Balaban J connectivity index is 1.89. The molecule has 1 unspecified atom stereocenters. The van der Waals surface area contributed by atoms with E-state index in [-0.39, 0.29) is 23.5 Å². The first-order chi connectivity index (χ1) is 8.89. The molecule has 2 aliphatic heterocycles. The minimum Gasteiger partial charge on any atom is -0.341 e. The first kappa shape index (κ1) is 14.7. The first-order valence-corrected chi connectivity index (χ1v) is 8.62. The van der Waals surface area contributed by atoms with Crippen LogP contribution in [0.25, 0.3) is 0 Å². The standard InChI is InChI=1S/C12H23N3O3S/c1-10-7-13-4-5-15(10)8-12(16)14(2)11-3-6-19(17,18)9-11/h10-11,13H,3-9H2,1-2H3/t10-,11?/m1/s1. The Bertz CT molecular complexity index is 438. The number of amides is 1. The van der Waals surface area contributed by atoms with Crippen LogP contribution in [0.15, 0.2) is 0 Å². The lowest BCUT2D eigenvalue weighted by atomic mass is 10.2. The molecular formula is C12H23N3O3S. The summed E-state index contributed by atoms with van der Waals surface area (Å²) in [4.78, 5) is 16.0. The molecule has 0 aromatic carbocycles. The van der Waals surface area contributed by atoms with Gasteiger partial charge in [0.05, 0.1) is 18.1 Å². The van der Waals surface area contributed by atoms with E-state index in [1.807, 2.05) is 0 Å². The molecule has 1 N–H and O–H groups in total. The zero-order valence-electron chi connectivity index (χ0n) is 11.6. The van der Waals surface area contributed by atoms with Crippen LogP contribution in [0.3, 0.4) is 0 Å². The normalized spacial score (nSPS) is 31.3. The van der Waals surface area contributed by atoms with Gasteiger partial charge >= 0.3 is 0 Å². The Hall–Kier alpha value is -0.660. The molecule has 0 radical (unpaired) electrons. The highest BCUT2D eigenvalue weighted by atomic mass is 32.2. The Labute approximate surface area is 115 Å². The van der Waals surface area contributed by atoms with Crippen molar-refractivity contribution in [1.82, 2.24) is 15.1 Å². The van der Waals surface area contributed by atoms with Crippen molar-refractivity contribution in [3.63, 3.8) is 0 Å². The van der Waals surface area contributed by atoms with E-state index in [2.05, 4.69) is 17.1 Å². The average Bonchev–Trinajstić information content (AvgIpc) is 2.71. The van der Waals surface area contributed by atoms with Crippen molar-refractivity contribution in [2.45, 2.75) is 25.4 Å². The summed E-state index contributed by atoms with van der Waals surface area (Å²) in [5.74, 6) is 0.349. The van der Waals surface area contributed by atoms with Gasteiger partial charge in [0.2, 0.25) is 5.91 Å². The Morgan fingerprint density at radius 1 is 1.47 bits per heavy atom. The van der Waals surface area contributed by atoms with Gasteiger partial charge in [0.1, 0.15) is 0 Å². The van der Waals surface area contributed by atoms with E-state index in [1.165, 1.54) is 0 Å². The fraction of sp³-hybridized carbons (Fsp3) is 0.917. The van der Waals surface area contributed by atoms with Gasteiger partial charge in [-0.15, -0.1) is 0 Å². The van der Waals surface area contributed by atoms with Crippen LogP contribution in [0.2, 0.25) is 0 Å². The van der Waals surface area contributed by atoms with Crippen LogP contribution in [0.5, 0.6) is 0 Å². The number of nitrogens with zero attached hydrogens (tertiary/aromatic N) is 2. The van der Waals surface area contributed by atoms with Crippen LogP contribution in [-0.4, -0.2) is 80.9 Å². The lowest BCUT2D eigenvalue weighted by Crippen LogP contribution is -2.53. The number of piperazine rings is 1. The lowest BCUT2D eigenvalue weighted by molar-refractivity contribution is -0.133. The summed E-state index contributed by atoms with van der Waals surface area (Å²) in [6.07, 6.45) is 0.571. The zero-order valence-corrected chi connectivity index (χ0v) is 12.4. The van der Waals surface area contributed by atoms with Gasteiger partial charge in [0.15, 0.2) is 9.84 Å². The van der Waals surface area contributed by atoms with Gasteiger partial charge in [-0.1, -0.05) is 0 Å². The van der Waals surface area contributed by atoms with Crippen LogP contribution in [0.4, 0.5) is 0 Å². The number of rotatable bonds is 3. The summed E-state index contributed by atoms with van der Waals surface area (Å²) in [6.45, 7) is 5.15. The molecule has 0 aromatic rings. The van der Waals surface area contributed by atoms with E-state index in [1.54, 1.807) is 11.9 Å². The summed E-state index contributed by atoms with van der Waals surface area (Å²) >= 11 is 0.